The molecule has 29 heavy (non-hydrogen) atoms. The molecule has 11 atom stereocenters. The third-order valence-electron chi connectivity index (χ3n) is 11.8. The molecule has 1 aliphatic heterocycles. The van der Waals surface area contributed by atoms with E-state index in [1.54, 1.807) is 0 Å². The van der Waals surface area contributed by atoms with Gasteiger partial charge in [0.25, 0.3) is 0 Å². The molecule has 1 nitrogen and oxygen atoms in total. The molecular weight excluding hydrogens is 352 g/mol. The SMILES string of the molecule is CCC(C)CCC1O[C@H]2C[C@H]3[C@@H]4CC[C@@H]5CCCC[C@]5(C)[C@H]4CC[C@]3(C)[C@H]2[C@@H]1C. The van der Waals surface area contributed by atoms with Crippen LogP contribution in [0.4, 0.5) is 0 Å². The first-order valence-electron chi connectivity index (χ1n) is 13.5. The van der Waals surface area contributed by atoms with E-state index in [-0.39, 0.29) is 0 Å². The first kappa shape index (κ1) is 20.8. The highest BCUT2D eigenvalue weighted by molar-refractivity contribution is 5.13. The van der Waals surface area contributed by atoms with Crippen molar-refractivity contribution in [3.63, 3.8) is 0 Å². The van der Waals surface area contributed by atoms with Crippen LogP contribution in [0.1, 0.15) is 112 Å². The molecule has 1 heteroatoms. The van der Waals surface area contributed by atoms with Gasteiger partial charge in [-0.25, -0.2) is 0 Å². The van der Waals surface area contributed by atoms with Gasteiger partial charge in [0.05, 0.1) is 12.2 Å². The molecule has 0 bridgehead atoms. The molecule has 4 aliphatic carbocycles. The summed E-state index contributed by atoms with van der Waals surface area (Å²) in [6.07, 6.45) is 18.7. The van der Waals surface area contributed by atoms with E-state index in [1.807, 2.05) is 0 Å². The lowest BCUT2D eigenvalue weighted by Crippen LogP contribution is -2.53. The largest absolute Gasteiger partial charge is 0.374 e. The second-order valence-corrected chi connectivity index (χ2v) is 12.9. The zero-order valence-corrected chi connectivity index (χ0v) is 20.1. The second-order valence-electron chi connectivity index (χ2n) is 12.9. The van der Waals surface area contributed by atoms with Gasteiger partial charge in [-0.1, -0.05) is 53.9 Å². The van der Waals surface area contributed by atoms with E-state index in [1.165, 1.54) is 77.0 Å². The van der Waals surface area contributed by atoms with Gasteiger partial charge in [0.1, 0.15) is 0 Å². The quantitative estimate of drug-likeness (QED) is 0.466. The van der Waals surface area contributed by atoms with Crippen molar-refractivity contribution in [2.75, 3.05) is 0 Å². The molecule has 0 aromatic carbocycles. The van der Waals surface area contributed by atoms with Crippen LogP contribution in [0.15, 0.2) is 0 Å². The van der Waals surface area contributed by atoms with Crippen molar-refractivity contribution < 1.29 is 4.74 Å². The van der Waals surface area contributed by atoms with Crippen LogP contribution in [0.5, 0.6) is 0 Å². The van der Waals surface area contributed by atoms with Gasteiger partial charge in [0.15, 0.2) is 0 Å². The molecule has 0 aromatic rings. The lowest BCUT2D eigenvalue weighted by Gasteiger charge is -2.60. The molecule has 0 N–H and O–H groups in total. The molecule has 5 aliphatic rings. The highest BCUT2D eigenvalue weighted by atomic mass is 16.5. The zero-order chi connectivity index (χ0) is 20.4. The average Bonchev–Trinajstić information content (AvgIpc) is 3.19. The van der Waals surface area contributed by atoms with Crippen LogP contribution in [-0.2, 0) is 4.74 Å². The number of ether oxygens (including phenoxy) is 1. The molecular formula is C28H48O. The van der Waals surface area contributed by atoms with Gasteiger partial charge in [-0.15, -0.1) is 0 Å². The van der Waals surface area contributed by atoms with Crippen LogP contribution >= 0.6 is 0 Å². The number of hydrogen-bond donors (Lipinski definition) is 0. The fraction of sp³-hybridized carbons (Fsp3) is 1.00. The number of rotatable bonds is 4. The van der Waals surface area contributed by atoms with E-state index in [0.29, 0.717) is 23.0 Å². The predicted octanol–water partition coefficient (Wildman–Crippen LogP) is 7.88. The van der Waals surface area contributed by atoms with E-state index >= 15 is 0 Å². The molecule has 5 fully saturated rings. The molecule has 1 saturated heterocycles. The van der Waals surface area contributed by atoms with Gasteiger partial charge in [-0.05, 0) is 110 Å². The van der Waals surface area contributed by atoms with Crippen molar-refractivity contribution >= 4 is 0 Å². The van der Waals surface area contributed by atoms with Gasteiger partial charge in [0, 0.05) is 0 Å². The molecule has 5 rings (SSSR count). The Balaban J connectivity index is 1.33. The summed E-state index contributed by atoms with van der Waals surface area (Å²) in [6, 6.07) is 0. The van der Waals surface area contributed by atoms with Crippen molar-refractivity contribution in [1.82, 2.24) is 0 Å². The summed E-state index contributed by atoms with van der Waals surface area (Å²) in [5, 5.41) is 0. The summed E-state index contributed by atoms with van der Waals surface area (Å²) in [7, 11) is 0. The maximum atomic E-state index is 6.86. The summed E-state index contributed by atoms with van der Waals surface area (Å²) < 4.78 is 6.86. The molecule has 1 heterocycles. The van der Waals surface area contributed by atoms with Crippen molar-refractivity contribution in [1.29, 1.82) is 0 Å². The minimum absolute atomic E-state index is 0.543. The molecule has 166 valence electrons. The minimum atomic E-state index is 0.543. The predicted molar refractivity (Wildman–Crippen MR) is 122 cm³/mol. The van der Waals surface area contributed by atoms with E-state index in [9.17, 15) is 0 Å². The second kappa shape index (κ2) is 7.53. The first-order chi connectivity index (χ1) is 13.9. The Labute approximate surface area is 181 Å². The maximum Gasteiger partial charge on any atom is 0.0618 e. The monoisotopic (exact) mass is 400 g/mol. The van der Waals surface area contributed by atoms with Crippen LogP contribution in [0.2, 0.25) is 0 Å². The van der Waals surface area contributed by atoms with Gasteiger partial charge in [0.2, 0.25) is 0 Å². The Morgan fingerprint density at radius 1 is 0.966 bits per heavy atom. The summed E-state index contributed by atoms with van der Waals surface area (Å²) in [5.41, 5.74) is 1.24. The van der Waals surface area contributed by atoms with E-state index < -0.39 is 0 Å². The number of hydrogen-bond acceptors (Lipinski definition) is 1. The topological polar surface area (TPSA) is 9.23 Å². The average molecular weight is 401 g/mol. The standard InChI is InChI=1S/C28H48O/c1-6-18(2)10-13-24-19(3)26-25(29-24)17-23-21-12-11-20-9-7-8-15-27(20,4)22(21)14-16-28(23,26)5/h18-26H,6-17H2,1-5H3/t18?,19-,20+,21-,22+,23+,24?,25+,26+,27+,28+/m1/s1. The van der Waals surface area contributed by atoms with Gasteiger partial charge in [-0.2, -0.15) is 0 Å². The van der Waals surface area contributed by atoms with Crippen molar-refractivity contribution in [3.8, 4) is 0 Å². The molecule has 0 amide bonds. The molecule has 4 saturated carbocycles. The van der Waals surface area contributed by atoms with Crippen LogP contribution in [0.3, 0.4) is 0 Å². The Hall–Kier alpha value is -0.0400. The first-order valence-corrected chi connectivity index (χ1v) is 13.5. The van der Waals surface area contributed by atoms with E-state index in [2.05, 4.69) is 34.6 Å². The smallest absolute Gasteiger partial charge is 0.0618 e. The molecule has 2 unspecified atom stereocenters. The van der Waals surface area contributed by atoms with E-state index in [4.69, 9.17) is 4.74 Å². The minimum Gasteiger partial charge on any atom is -0.374 e. The summed E-state index contributed by atoms with van der Waals surface area (Å²) in [4.78, 5) is 0. The summed E-state index contributed by atoms with van der Waals surface area (Å²) >= 11 is 0. The Morgan fingerprint density at radius 3 is 2.59 bits per heavy atom. The number of fused-ring (bicyclic) bond motifs is 7. The highest BCUT2D eigenvalue weighted by Gasteiger charge is 2.65. The van der Waals surface area contributed by atoms with Gasteiger partial charge < -0.3 is 4.74 Å². The molecule has 0 aromatic heterocycles. The molecule has 0 spiro atoms. The Bertz CT molecular complexity index is 599. The van der Waals surface area contributed by atoms with Crippen LogP contribution < -0.4 is 0 Å². The highest BCUT2D eigenvalue weighted by Crippen LogP contribution is 2.70. The van der Waals surface area contributed by atoms with E-state index in [0.717, 1.165) is 41.4 Å². The molecule has 0 radical (unpaired) electrons. The van der Waals surface area contributed by atoms with Crippen LogP contribution in [-0.4, -0.2) is 12.2 Å². The maximum absolute atomic E-state index is 6.86. The zero-order valence-electron chi connectivity index (χ0n) is 20.1. The lowest BCUT2D eigenvalue weighted by molar-refractivity contribution is -0.115. The Morgan fingerprint density at radius 2 is 1.79 bits per heavy atom. The van der Waals surface area contributed by atoms with Gasteiger partial charge in [-0.3, -0.25) is 0 Å². The van der Waals surface area contributed by atoms with Crippen LogP contribution in [0.25, 0.3) is 0 Å². The third-order valence-corrected chi connectivity index (χ3v) is 11.8. The Kier molecular flexibility index (Phi) is 5.41. The van der Waals surface area contributed by atoms with Crippen molar-refractivity contribution in [3.05, 3.63) is 0 Å². The van der Waals surface area contributed by atoms with Crippen molar-refractivity contribution in [2.45, 2.75) is 124 Å². The fourth-order valence-corrected chi connectivity index (χ4v) is 9.97. The third kappa shape index (κ3) is 3.10. The normalized spacial score (nSPS) is 54.9. The summed E-state index contributed by atoms with van der Waals surface area (Å²) in [5.74, 6) is 6.50. The van der Waals surface area contributed by atoms with Crippen LogP contribution in [0, 0.1) is 52.3 Å². The fourth-order valence-electron chi connectivity index (χ4n) is 9.97. The van der Waals surface area contributed by atoms with Crippen molar-refractivity contribution in [2.24, 2.45) is 52.3 Å². The van der Waals surface area contributed by atoms with Gasteiger partial charge >= 0.3 is 0 Å². The summed E-state index contributed by atoms with van der Waals surface area (Å²) in [6.45, 7) is 12.7. The lowest BCUT2D eigenvalue weighted by atomic mass is 9.44.